The van der Waals surface area contributed by atoms with Crippen molar-refractivity contribution >= 4 is 22.5 Å². The molecule has 130 valence electrons. The summed E-state index contributed by atoms with van der Waals surface area (Å²) < 4.78 is 0. The molecule has 0 saturated carbocycles. The van der Waals surface area contributed by atoms with Crippen molar-refractivity contribution in [3.8, 4) is 0 Å². The van der Waals surface area contributed by atoms with Gasteiger partial charge in [-0.05, 0) is 37.1 Å². The van der Waals surface area contributed by atoms with Crippen LogP contribution in [0.1, 0.15) is 22.4 Å². The first-order chi connectivity index (χ1) is 12.7. The maximum atomic E-state index is 13.6. The second-order valence-electron chi connectivity index (χ2n) is 7.18. The minimum absolute atomic E-state index is 0.0721. The van der Waals surface area contributed by atoms with Gasteiger partial charge in [-0.15, -0.1) is 6.58 Å². The summed E-state index contributed by atoms with van der Waals surface area (Å²) in [5.41, 5.74) is 5.73. The first-order valence-electron chi connectivity index (χ1n) is 9.06. The molecule has 1 atom stereocenters. The molecule has 4 heteroatoms. The number of fused-ring (bicyclic) bond motifs is 6. The zero-order chi connectivity index (χ0) is 17.9. The summed E-state index contributed by atoms with van der Waals surface area (Å²) >= 11 is 0. The van der Waals surface area contributed by atoms with Gasteiger partial charge in [-0.2, -0.15) is 0 Å². The number of rotatable bonds is 2. The molecule has 3 aromatic rings. The zero-order valence-electron chi connectivity index (χ0n) is 14.8. The van der Waals surface area contributed by atoms with Crippen molar-refractivity contribution in [2.24, 2.45) is 0 Å². The van der Waals surface area contributed by atoms with Crippen LogP contribution in [-0.2, 0) is 16.8 Å². The highest BCUT2D eigenvalue weighted by Gasteiger charge is 2.54. The molecule has 1 amide bonds. The Morgan fingerprint density at radius 1 is 1.27 bits per heavy atom. The van der Waals surface area contributed by atoms with Crippen LogP contribution in [0.3, 0.4) is 0 Å². The number of aromatic nitrogens is 1. The molecule has 1 aromatic heterocycles. The van der Waals surface area contributed by atoms with Crippen LogP contribution in [0, 0.1) is 6.92 Å². The number of carbonyl (C=O) groups excluding carboxylic acids is 1. The molecule has 2 aliphatic heterocycles. The van der Waals surface area contributed by atoms with Crippen LogP contribution in [0.4, 0.5) is 5.69 Å². The number of anilines is 1. The third-order valence-corrected chi connectivity index (χ3v) is 5.68. The topological polar surface area (TPSA) is 48.1 Å². The van der Waals surface area contributed by atoms with E-state index in [9.17, 15) is 4.79 Å². The first-order valence-corrected chi connectivity index (χ1v) is 9.06. The number of aryl methyl sites for hydroxylation is 1. The predicted octanol–water partition coefficient (Wildman–Crippen LogP) is 3.40. The quantitative estimate of drug-likeness (QED) is 0.701. The van der Waals surface area contributed by atoms with E-state index in [-0.39, 0.29) is 5.91 Å². The molecular formula is C22H21N3O. The standard InChI is InChI=1S/C22H21N3O/c1-3-12-25-19-7-5-4-6-17(19)22(21(25)26)20-15(10-11-23-22)16-13-14(2)8-9-18(16)24-20/h3-9,13,23-24H,1,10-12H2,2H3. The molecule has 3 heterocycles. The van der Waals surface area contributed by atoms with Gasteiger partial charge in [-0.1, -0.05) is 35.9 Å². The number of nitrogens with zero attached hydrogens (tertiary/aromatic N) is 1. The number of hydrogen-bond donors (Lipinski definition) is 2. The van der Waals surface area contributed by atoms with Crippen molar-refractivity contribution in [1.29, 1.82) is 0 Å². The Bertz CT molecular complexity index is 1060. The van der Waals surface area contributed by atoms with Gasteiger partial charge in [0.25, 0.3) is 5.91 Å². The fourth-order valence-corrected chi connectivity index (χ4v) is 4.58. The molecular weight excluding hydrogens is 322 g/mol. The molecule has 2 N–H and O–H groups in total. The molecule has 1 unspecified atom stereocenters. The van der Waals surface area contributed by atoms with Gasteiger partial charge in [0.2, 0.25) is 0 Å². The van der Waals surface area contributed by atoms with E-state index in [1.54, 1.807) is 6.08 Å². The Morgan fingerprint density at radius 2 is 2.12 bits per heavy atom. The first kappa shape index (κ1) is 15.4. The summed E-state index contributed by atoms with van der Waals surface area (Å²) in [6, 6.07) is 14.5. The van der Waals surface area contributed by atoms with E-state index in [4.69, 9.17) is 0 Å². The van der Waals surface area contributed by atoms with Crippen LogP contribution < -0.4 is 10.2 Å². The van der Waals surface area contributed by atoms with Gasteiger partial charge in [-0.3, -0.25) is 10.1 Å². The van der Waals surface area contributed by atoms with Gasteiger partial charge in [0.05, 0.1) is 11.4 Å². The van der Waals surface area contributed by atoms with E-state index in [1.807, 2.05) is 23.1 Å². The van der Waals surface area contributed by atoms with Gasteiger partial charge in [0.15, 0.2) is 5.54 Å². The van der Waals surface area contributed by atoms with Gasteiger partial charge >= 0.3 is 0 Å². The lowest BCUT2D eigenvalue weighted by molar-refractivity contribution is -0.123. The van der Waals surface area contributed by atoms with Crippen LogP contribution in [0.2, 0.25) is 0 Å². The van der Waals surface area contributed by atoms with E-state index in [2.05, 4.69) is 48.1 Å². The lowest BCUT2D eigenvalue weighted by atomic mass is 9.82. The van der Waals surface area contributed by atoms with Crippen molar-refractivity contribution in [3.05, 3.63) is 77.5 Å². The Morgan fingerprint density at radius 3 is 2.96 bits per heavy atom. The number of aromatic amines is 1. The number of amides is 1. The fraction of sp³-hybridized carbons (Fsp3) is 0.227. The third-order valence-electron chi connectivity index (χ3n) is 5.68. The molecule has 0 bridgehead atoms. The third kappa shape index (κ3) is 1.80. The summed E-state index contributed by atoms with van der Waals surface area (Å²) in [6.07, 6.45) is 2.70. The molecule has 5 rings (SSSR count). The van der Waals surface area contributed by atoms with Gasteiger partial charge < -0.3 is 9.88 Å². The minimum atomic E-state index is -0.833. The van der Waals surface area contributed by atoms with Crippen molar-refractivity contribution in [2.45, 2.75) is 18.9 Å². The Kier molecular flexibility index (Phi) is 3.15. The maximum Gasteiger partial charge on any atom is 0.258 e. The summed E-state index contributed by atoms with van der Waals surface area (Å²) in [5, 5.41) is 4.79. The van der Waals surface area contributed by atoms with Gasteiger partial charge in [0.1, 0.15) is 0 Å². The number of nitrogens with one attached hydrogen (secondary N) is 2. The summed E-state index contributed by atoms with van der Waals surface area (Å²) in [4.78, 5) is 19.0. The molecule has 2 aliphatic rings. The maximum absolute atomic E-state index is 13.6. The Balaban J connectivity index is 1.82. The zero-order valence-corrected chi connectivity index (χ0v) is 14.8. The van der Waals surface area contributed by atoms with E-state index < -0.39 is 5.54 Å². The van der Waals surface area contributed by atoms with Gasteiger partial charge in [-0.25, -0.2) is 0 Å². The van der Waals surface area contributed by atoms with Crippen molar-refractivity contribution in [1.82, 2.24) is 10.3 Å². The van der Waals surface area contributed by atoms with Crippen molar-refractivity contribution in [2.75, 3.05) is 18.0 Å². The van der Waals surface area contributed by atoms with Crippen molar-refractivity contribution < 1.29 is 4.79 Å². The average Bonchev–Trinajstić information content (AvgIpc) is 3.13. The van der Waals surface area contributed by atoms with E-state index in [0.717, 1.165) is 35.4 Å². The Labute approximate surface area is 152 Å². The van der Waals surface area contributed by atoms with Crippen LogP contribution in [0.25, 0.3) is 10.9 Å². The largest absolute Gasteiger partial charge is 0.356 e. The van der Waals surface area contributed by atoms with Crippen LogP contribution in [0.15, 0.2) is 55.1 Å². The molecule has 1 spiro atoms. The summed E-state index contributed by atoms with van der Waals surface area (Å²) in [6.45, 7) is 7.22. The molecule has 0 radical (unpaired) electrons. The minimum Gasteiger partial charge on any atom is -0.356 e. The molecule has 0 fully saturated rings. The number of carbonyl (C=O) groups is 1. The van der Waals surface area contributed by atoms with Crippen LogP contribution >= 0.6 is 0 Å². The van der Waals surface area contributed by atoms with E-state index in [1.165, 1.54) is 16.5 Å². The number of H-pyrrole nitrogens is 1. The van der Waals surface area contributed by atoms with Gasteiger partial charge in [0, 0.05) is 29.6 Å². The normalized spacial score (nSPS) is 21.3. The average molecular weight is 343 g/mol. The monoisotopic (exact) mass is 343 g/mol. The molecule has 26 heavy (non-hydrogen) atoms. The van der Waals surface area contributed by atoms with Crippen LogP contribution in [-0.4, -0.2) is 24.0 Å². The molecule has 2 aromatic carbocycles. The number of hydrogen-bond acceptors (Lipinski definition) is 2. The molecule has 0 saturated heterocycles. The van der Waals surface area contributed by atoms with E-state index >= 15 is 0 Å². The lowest BCUT2D eigenvalue weighted by Gasteiger charge is -2.34. The molecule has 0 aliphatic carbocycles. The highest BCUT2D eigenvalue weighted by Crippen LogP contribution is 2.47. The smallest absolute Gasteiger partial charge is 0.258 e. The predicted molar refractivity (Wildman–Crippen MR) is 105 cm³/mol. The van der Waals surface area contributed by atoms with Crippen LogP contribution in [0.5, 0.6) is 0 Å². The van der Waals surface area contributed by atoms with E-state index in [0.29, 0.717) is 6.54 Å². The lowest BCUT2D eigenvalue weighted by Crippen LogP contribution is -2.55. The SMILES string of the molecule is C=CCN1C(=O)C2(NCCc3c2[nH]c2ccc(C)cc32)c2ccccc21. The Hall–Kier alpha value is -2.85. The fourth-order valence-electron chi connectivity index (χ4n) is 4.58. The van der Waals surface area contributed by atoms with Crippen molar-refractivity contribution in [3.63, 3.8) is 0 Å². The highest BCUT2D eigenvalue weighted by atomic mass is 16.2. The number of benzene rings is 2. The summed E-state index contributed by atoms with van der Waals surface area (Å²) in [5.74, 6) is 0.0721. The second-order valence-corrected chi connectivity index (χ2v) is 7.18. The molecule has 4 nitrogen and oxygen atoms in total. The summed E-state index contributed by atoms with van der Waals surface area (Å²) in [7, 11) is 0. The highest BCUT2D eigenvalue weighted by molar-refractivity contribution is 6.11. The second kappa shape index (κ2) is 5.32. The number of para-hydroxylation sites is 1.